The van der Waals surface area contributed by atoms with E-state index in [1.54, 1.807) is 0 Å². The number of halogens is 1. The molecule has 0 heterocycles. The summed E-state index contributed by atoms with van der Waals surface area (Å²) in [5.41, 5.74) is 2.18. The van der Waals surface area contributed by atoms with Crippen LogP contribution in [0, 0.1) is 0 Å². The zero-order valence-electron chi connectivity index (χ0n) is 9.63. The maximum absolute atomic E-state index is 11.4. The van der Waals surface area contributed by atoms with Gasteiger partial charge in [0.1, 0.15) is 0 Å². The van der Waals surface area contributed by atoms with Crippen LogP contribution in [-0.2, 0) is 11.2 Å². The molecule has 0 spiro atoms. The number of carbonyl (C=O) groups is 1. The molecule has 88 valence electrons. The predicted molar refractivity (Wildman–Crippen MR) is 72.1 cm³/mol. The number of rotatable bonds is 6. The monoisotopic (exact) mass is 283 g/mol. The Kier molecular flexibility index (Phi) is 6.16. The van der Waals surface area contributed by atoms with E-state index in [0.717, 1.165) is 30.3 Å². The first-order chi connectivity index (χ1) is 7.76. The highest BCUT2D eigenvalue weighted by Crippen LogP contribution is 2.13. The Morgan fingerprint density at radius 3 is 2.94 bits per heavy atom. The molecule has 0 saturated carbocycles. The second kappa shape index (κ2) is 7.44. The molecule has 2 nitrogen and oxygen atoms in total. The zero-order valence-corrected chi connectivity index (χ0v) is 11.2. The largest absolute Gasteiger partial charge is 0.326 e. The van der Waals surface area contributed by atoms with Crippen LogP contribution in [0.15, 0.2) is 24.3 Å². The van der Waals surface area contributed by atoms with Gasteiger partial charge in [0.25, 0.3) is 0 Å². The Bertz CT molecular complexity index is 338. The van der Waals surface area contributed by atoms with E-state index in [9.17, 15) is 4.79 Å². The second-order valence-corrected chi connectivity index (χ2v) is 4.58. The van der Waals surface area contributed by atoms with Gasteiger partial charge >= 0.3 is 0 Å². The van der Waals surface area contributed by atoms with Gasteiger partial charge in [-0.2, -0.15) is 0 Å². The predicted octanol–water partition coefficient (Wildman–Crippen LogP) is 3.75. The molecule has 1 N–H and O–H groups in total. The lowest BCUT2D eigenvalue weighted by atomic mass is 10.1. The molecule has 16 heavy (non-hydrogen) atoms. The van der Waals surface area contributed by atoms with Gasteiger partial charge in [0, 0.05) is 17.4 Å². The van der Waals surface area contributed by atoms with Gasteiger partial charge in [-0.25, -0.2) is 0 Å². The fraction of sp³-hybridized carbons (Fsp3) is 0.462. The van der Waals surface area contributed by atoms with Gasteiger partial charge in [0.15, 0.2) is 0 Å². The molecule has 3 heteroatoms. The van der Waals surface area contributed by atoms with Crippen LogP contribution in [0.1, 0.15) is 31.7 Å². The van der Waals surface area contributed by atoms with Crippen molar-refractivity contribution in [2.75, 3.05) is 10.6 Å². The first-order valence-corrected chi connectivity index (χ1v) is 6.83. The van der Waals surface area contributed by atoms with E-state index in [0.29, 0.717) is 6.42 Å². The summed E-state index contributed by atoms with van der Waals surface area (Å²) in [6.07, 6.45) is 3.63. The molecular weight excluding hydrogens is 266 g/mol. The summed E-state index contributed by atoms with van der Waals surface area (Å²) in [5.74, 6) is 0.0974. The number of nitrogens with one attached hydrogen (secondary N) is 1. The van der Waals surface area contributed by atoms with Gasteiger partial charge in [0.2, 0.25) is 5.91 Å². The summed E-state index contributed by atoms with van der Waals surface area (Å²) < 4.78 is 0. The van der Waals surface area contributed by atoms with Crippen LogP contribution >= 0.6 is 15.9 Å². The fourth-order valence-corrected chi connectivity index (χ4v) is 1.81. The molecule has 1 rings (SSSR count). The van der Waals surface area contributed by atoms with E-state index in [-0.39, 0.29) is 5.91 Å². The summed E-state index contributed by atoms with van der Waals surface area (Å²) in [4.78, 5) is 11.4. The lowest BCUT2D eigenvalue weighted by Crippen LogP contribution is -2.10. The highest BCUT2D eigenvalue weighted by molar-refractivity contribution is 9.09. The fourth-order valence-electron chi connectivity index (χ4n) is 1.53. The summed E-state index contributed by atoms with van der Waals surface area (Å²) in [5, 5.41) is 3.92. The highest BCUT2D eigenvalue weighted by Gasteiger charge is 2.01. The molecule has 0 aliphatic heterocycles. The molecule has 1 amide bonds. The summed E-state index contributed by atoms with van der Waals surface area (Å²) in [6, 6.07) is 8.07. The Hall–Kier alpha value is -0.830. The van der Waals surface area contributed by atoms with Crippen LogP contribution in [0.2, 0.25) is 0 Å². The van der Waals surface area contributed by atoms with Crippen molar-refractivity contribution in [2.24, 2.45) is 0 Å². The number of amides is 1. The molecule has 0 aliphatic carbocycles. The SMILES string of the molecule is CCCC(=O)Nc1cccc(CCCBr)c1. The van der Waals surface area contributed by atoms with Crippen molar-refractivity contribution in [1.29, 1.82) is 0 Å². The van der Waals surface area contributed by atoms with Crippen LogP contribution < -0.4 is 5.32 Å². The van der Waals surface area contributed by atoms with Crippen LogP contribution in [0.25, 0.3) is 0 Å². The molecule has 1 aromatic carbocycles. The lowest BCUT2D eigenvalue weighted by molar-refractivity contribution is -0.116. The number of alkyl halides is 1. The summed E-state index contributed by atoms with van der Waals surface area (Å²) in [6.45, 7) is 2.01. The van der Waals surface area contributed by atoms with E-state index in [1.165, 1.54) is 5.56 Å². The zero-order chi connectivity index (χ0) is 11.8. The number of hydrogen-bond acceptors (Lipinski definition) is 1. The molecule has 0 fully saturated rings. The summed E-state index contributed by atoms with van der Waals surface area (Å²) >= 11 is 3.42. The first kappa shape index (κ1) is 13.2. The number of aryl methyl sites for hydroxylation is 1. The van der Waals surface area contributed by atoms with Crippen LogP contribution in [0.5, 0.6) is 0 Å². The van der Waals surface area contributed by atoms with Gasteiger partial charge in [-0.3, -0.25) is 4.79 Å². The highest BCUT2D eigenvalue weighted by atomic mass is 79.9. The van der Waals surface area contributed by atoms with Crippen molar-refractivity contribution >= 4 is 27.5 Å². The number of benzene rings is 1. The minimum Gasteiger partial charge on any atom is -0.326 e. The van der Waals surface area contributed by atoms with Gasteiger partial charge in [-0.05, 0) is 37.0 Å². The first-order valence-electron chi connectivity index (χ1n) is 5.71. The van der Waals surface area contributed by atoms with Crippen molar-refractivity contribution in [1.82, 2.24) is 0 Å². The molecule has 0 saturated heterocycles. The van der Waals surface area contributed by atoms with Gasteiger partial charge in [-0.1, -0.05) is 35.0 Å². The third-order valence-electron chi connectivity index (χ3n) is 2.29. The molecule has 0 atom stereocenters. The van der Waals surface area contributed by atoms with Gasteiger partial charge in [0.05, 0.1) is 0 Å². The molecule has 0 aromatic heterocycles. The van der Waals surface area contributed by atoms with Crippen molar-refractivity contribution < 1.29 is 4.79 Å². The van der Waals surface area contributed by atoms with Crippen molar-refractivity contribution in [2.45, 2.75) is 32.6 Å². The van der Waals surface area contributed by atoms with E-state index < -0.39 is 0 Å². The Morgan fingerprint density at radius 2 is 2.25 bits per heavy atom. The van der Waals surface area contributed by atoms with E-state index in [4.69, 9.17) is 0 Å². The number of anilines is 1. The van der Waals surface area contributed by atoms with E-state index in [1.807, 2.05) is 19.1 Å². The van der Waals surface area contributed by atoms with E-state index >= 15 is 0 Å². The Labute approximate surface area is 106 Å². The average Bonchev–Trinajstić information content (AvgIpc) is 2.27. The molecule has 0 bridgehead atoms. The number of hydrogen-bond donors (Lipinski definition) is 1. The molecule has 0 aliphatic rings. The van der Waals surface area contributed by atoms with Crippen molar-refractivity contribution in [3.8, 4) is 0 Å². The van der Waals surface area contributed by atoms with Crippen molar-refractivity contribution in [3.05, 3.63) is 29.8 Å². The third-order valence-corrected chi connectivity index (χ3v) is 2.85. The summed E-state index contributed by atoms with van der Waals surface area (Å²) in [7, 11) is 0. The van der Waals surface area contributed by atoms with E-state index in [2.05, 4.69) is 33.4 Å². The standard InChI is InChI=1S/C13H18BrNO/c1-2-5-13(16)15-12-8-3-6-11(10-12)7-4-9-14/h3,6,8,10H,2,4-5,7,9H2,1H3,(H,15,16). The normalized spacial score (nSPS) is 10.1. The molecule has 0 radical (unpaired) electrons. The third kappa shape index (κ3) is 4.79. The Balaban J connectivity index is 2.56. The minimum atomic E-state index is 0.0974. The topological polar surface area (TPSA) is 29.1 Å². The van der Waals surface area contributed by atoms with Gasteiger partial charge in [-0.15, -0.1) is 0 Å². The van der Waals surface area contributed by atoms with Crippen LogP contribution in [0.3, 0.4) is 0 Å². The number of carbonyl (C=O) groups excluding carboxylic acids is 1. The van der Waals surface area contributed by atoms with Gasteiger partial charge < -0.3 is 5.32 Å². The molecular formula is C13H18BrNO. The van der Waals surface area contributed by atoms with Crippen LogP contribution in [-0.4, -0.2) is 11.2 Å². The molecule has 1 aromatic rings. The smallest absolute Gasteiger partial charge is 0.224 e. The van der Waals surface area contributed by atoms with Crippen LogP contribution in [0.4, 0.5) is 5.69 Å². The quantitative estimate of drug-likeness (QED) is 0.792. The maximum Gasteiger partial charge on any atom is 0.224 e. The average molecular weight is 284 g/mol. The Morgan fingerprint density at radius 1 is 1.44 bits per heavy atom. The van der Waals surface area contributed by atoms with Crippen molar-refractivity contribution in [3.63, 3.8) is 0 Å². The minimum absolute atomic E-state index is 0.0974. The lowest BCUT2D eigenvalue weighted by Gasteiger charge is -2.06. The maximum atomic E-state index is 11.4. The second-order valence-electron chi connectivity index (χ2n) is 3.79. The molecule has 0 unspecified atom stereocenters.